The van der Waals surface area contributed by atoms with Crippen molar-refractivity contribution in [3.63, 3.8) is 0 Å². The van der Waals surface area contributed by atoms with Gasteiger partial charge in [0.1, 0.15) is 11.5 Å². The molecule has 28 heavy (non-hydrogen) atoms. The predicted molar refractivity (Wildman–Crippen MR) is 108 cm³/mol. The van der Waals surface area contributed by atoms with Crippen LogP contribution in [0.1, 0.15) is 17.5 Å². The number of pyridine rings is 1. The Hall–Kier alpha value is -3.54. The number of benzene rings is 2. The van der Waals surface area contributed by atoms with E-state index in [4.69, 9.17) is 13.9 Å². The molecule has 0 aliphatic heterocycles. The molecule has 2 aromatic heterocycles. The molecule has 2 heterocycles. The van der Waals surface area contributed by atoms with Crippen molar-refractivity contribution in [1.82, 2.24) is 4.98 Å². The van der Waals surface area contributed by atoms with Gasteiger partial charge >= 0.3 is 0 Å². The summed E-state index contributed by atoms with van der Waals surface area (Å²) in [6.45, 7) is 2.43. The van der Waals surface area contributed by atoms with Gasteiger partial charge in [-0.2, -0.15) is 0 Å². The summed E-state index contributed by atoms with van der Waals surface area (Å²) < 4.78 is 16.2. The number of carbonyl (C=O) groups is 1. The van der Waals surface area contributed by atoms with Crippen molar-refractivity contribution in [2.75, 3.05) is 25.7 Å². The fourth-order valence-corrected chi connectivity index (χ4v) is 3.18. The Bertz CT molecular complexity index is 1150. The number of hydrogen-bond acceptors (Lipinski definition) is 5. The number of ether oxygens (including phenoxy) is 2. The summed E-state index contributed by atoms with van der Waals surface area (Å²) in [7, 11) is 3.24. The summed E-state index contributed by atoms with van der Waals surface area (Å²) in [4.78, 5) is 19.2. The molecular weight excluding hydrogens is 356 g/mol. The minimum atomic E-state index is -0.215. The van der Waals surface area contributed by atoms with E-state index in [9.17, 15) is 4.79 Å². The van der Waals surface area contributed by atoms with E-state index in [-0.39, 0.29) is 11.7 Å². The minimum absolute atomic E-state index is 0.215. The molecule has 6 nitrogen and oxygen atoms in total. The van der Waals surface area contributed by atoms with Gasteiger partial charge < -0.3 is 18.8 Å². The van der Waals surface area contributed by atoms with Crippen molar-refractivity contribution < 1.29 is 18.7 Å². The number of aromatic nitrogens is 1. The lowest BCUT2D eigenvalue weighted by molar-refractivity contribution is 0.0963. The van der Waals surface area contributed by atoms with E-state index in [0.717, 1.165) is 33.5 Å². The number of furan rings is 1. The van der Waals surface area contributed by atoms with Gasteiger partial charge in [-0.05, 0) is 61.5 Å². The molecular formula is C22H20N2O4. The molecule has 0 saturated carbocycles. The van der Waals surface area contributed by atoms with Gasteiger partial charge in [-0.1, -0.05) is 0 Å². The summed E-state index contributed by atoms with van der Waals surface area (Å²) in [6, 6.07) is 16.7. The van der Waals surface area contributed by atoms with Crippen molar-refractivity contribution in [2.24, 2.45) is 0 Å². The van der Waals surface area contributed by atoms with E-state index in [1.807, 2.05) is 55.5 Å². The second kappa shape index (κ2) is 7.23. The van der Waals surface area contributed by atoms with Gasteiger partial charge in [-0.15, -0.1) is 0 Å². The molecule has 0 spiro atoms. The van der Waals surface area contributed by atoms with Gasteiger partial charge in [0.05, 0.1) is 19.7 Å². The molecule has 0 aliphatic carbocycles. The zero-order valence-corrected chi connectivity index (χ0v) is 15.9. The molecule has 0 fully saturated rings. The van der Waals surface area contributed by atoms with E-state index in [0.29, 0.717) is 12.3 Å². The number of fused-ring (bicyclic) bond motifs is 2. The molecule has 4 rings (SSSR count). The maximum Gasteiger partial charge on any atom is 0.294 e. The predicted octanol–water partition coefficient (Wildman–Crippen LogP) is 4.66. The standard InChI is InChI=1S/C22H20N2O4/c1-4-24(16-5-7-17(26-2)8-6-16)22(25)20-13-15-11-14-12-18(27-3)9-10-19(14)23-21(15)28-20/h5-13H,4H2,1-3H3. The molecule has 0 atom stereocenters. The fraction of sp³-hybridized carbons (Fsp3) is 0.182. The lowest BCUT2D eigenvalue weighted by atomic mass is 10.2. The van der Waals surface area contributed by atoms with E-state index in [1.165, 1.54) is 0 Å². The van der Waals surface area contributed by atoms with Crippen LogP contribution in [0.2, 0.25) is 0 Å². The normalized spacial score (nSPS) is 11.0. The van der Waals surface area contributed by atoms with Crippen LogP contribution in [0.4, 0.5) is 5.69 Å². The van der Waals surface area contributed by atoms with Crippen molar-refractivity contribution >= 4 is 33.6 Å². The Balaban J connectivity index is 1.71. The molecule has 1 amide bonds. The van der Waals surface area contributed by atoms with Crippen LogP contribution in [0, 0.1) is 0 Å². The first-order valence-electron chi connectivity index (χ1n) is 8.97. The van der Waals surface area contributed by atoms with Crippen LogP contribution in [-0.2, 0) is 0 Å². The largest absolute Gasteiger partial charge is 0.497 e. The van der Waals surface area contributed by atoms with Crippen LogP contribution < -0.4 is 14.4 Å². The van der Waals surface area contributed by atoms with Crippen LogP contribution in [0.15, 0.2) is 59.0 Å². The fourth-order valence-electron chi connectivity index (χ4n) is 3.18. The minimum Gasteiger partial charge on any atom is -0.497 e. The Kier molecular flexibility index (Phi) is 4.61. The zero-order valence-electron chi connectivity index (χ0n) is 15.9. The molecule has 0 bridgehead atoms. The highest BCUT2D eigenvalue weighted by atomic mass is 16.5. The van der Waals surface area contributed by atoms with Gasteiger partial charge in [0.2, 0.25) is 5.71 Å². The van der Waals surface area contributed by atoms with Crippen molar-refractivity contribution in [3.8, 4) is 11.5 Å². The summed E-state index contributed by atoms with van der Waals surface area (Å²) in [5.74, 6) is 1.53. The first-order valence-corrected chi connectivity index (χ1v) is 8.97. The molecule has 0 saturated heterocycles. The van der Waals surface area contributed by atoms with Gasteiger partial charge in [-0.3, -0.25) is 4.79 Å². The number of hydrogen-bond donors (Lipinski definition) is 0. The van der Waals surface area contributed by atoms with Gasteiger partial charge in [0, 0.05) is 23.0 Å². The average Bonchev–Trinajstić information content (AvgIpc) is 3.15. The summed E-state index contributed by atoms with van der Waals surface area (Å²) in [5, 5.41) is 1.70. The maximum absolute atomic E-state index is 13.0. The second-order valence-electron chi connectivity index (χ2n) is 6.30. The molecule has 0 N–H and O–H groups in total. The third-order valence-electron chi connectivity index (χ3n) is 4.66. The third-order valence-corrected chi connectivity index (χ3v) is 4.66. The molecule has 4 aromatic rings. The van der Waals surface area contributed by atoms with E-state index in [2.05, 4.69) is 4.98 Å². The number of methoxy groups -OCH3 is 2. The van der Waals surface area contributed by atoms with Gasteiger partial charge in [0.15, 0.2) is 5.76 Å². The van der Waals surface area contributed by atoms with Crippen LogP contribution in [0.5, 0.6) is 11.5 Å². The molecule has 0 radical (unpaired) electrons. The smallest absolute Gasteiger partial charge is 0.294 e. The summed E-state index contributed by atoms with van der Waals surface area (Å²) in [5.41, 5.74) is 1.99. The van der Waals surface area contributed by atoms with E-state index in [1.54, 1.807) is 25.2 Å². The highest BCUT2D eigenvalue weighted by Crippen LogP contribution is 2.27. The van der Waals surface area contributed by atoms with Crippen LogP contribution in [-0.4, -0.2) is 31.7 Å². The monoisotopic (exact) mass is 376 g/mol. The lowest BCUT2D eigenvalue weighted by Gasteiger charge is -2.19. The maximum atomic E-state index is 13.0. The summed E-state index contributed by atoms with van der Waals surface area (Å²) >= 11 is 0. The second-order valence-corrected chi connectivity index (χ2v) is 6.30. The first-order chi connectivity index (χ1) is 13.6. The molecule has 2 aromatic carbocycles. The Morgan fingerprint density at radius 2 is 1.68 bits per heavy atom. The van der Waals surface area contributed by atoms with E-state index >= 15 is 0 Å². The van der Waals surface area contributed by atoms with Crippen molar-refractivity contribution in [3.05, 3.63) is 60.4 Å². The Labute approximate surface area is 162 Å². The SMILES string of the molecule is CCN(C(=O)c1cc2cc3cc(OC)ccc3nc2o1)c1ccc(OC)cc1. The molecule has 142 valence electrons. The van der Waals surface area contributed by atoms with Crippen molar-refractivity contribution in [2.45, 2.75) is 6.92 Å². The van der Waals surface area contributed by atoms with Gasteiger partial charge in [-0.25, -0.2) is 4.98 Å². The van der Waals surface area contributed by atoms with Crippen LogP contribution in [0.3, 0.4) is 0 Å². The number of amides is 1. The van der Waals surface area contributed by atoms with Crippen LogP contribution in [0.25, 0.3) is 22.0 Å². The summed E-state index contributed by atoms with van der Waals surface area (Å²) in [6.07, 6.45) is 0. The molecule has 6 heteroatoms. The number of anilines is 1. The Morgan fingerprint density at radius 3 is 2.36 bits per heavy atom. The van der Waals surface area contributed by atoms with Crippen molar-refractivity contribution in [1.29, 1.82) is 0 Å². The average molecular weight is 376 g/mol. The topological polar surface area (TPSA) is 64.8 Å². The number of rotatable bonds is 5. The molecule has 0 unspecified atom stereocenters. The third kappa shape index (κ3) is 3.13. The quantitative estimate of drug-likeness (QED) is 0.507. The number of nitrogens with zero attached hydrogens (tertiary/aromatic N) is 2. The first kappa shape index (κ1) is 17.9. The lowest BCUT2D eigenvalue weighted by Crippen LogP contribution is -2.30. The highest BCUT2D eigenvalue weighted by molar-refractivity contribution is 6.06. The van der Waals surface area contributed by atoms with E-state index < -0.39 is 0 Å². The highest BCUT2D eigenvalue weighted by Gasteiger charge is 2.21. The zero-order chi connectivity index (χ0) is 19.7. The molecule has 0 aliphatic rings. The number of carbonyl (C=O) groups excluding carboxylic acids is 1. The van der Waals surface area contributed by atoms with Crippen LogP contribution >= 0.6 is 0 Å². The Morgan fingerprint density at radius 1 is 0.964 bits per heavy atom. The van der Waals surface area contributed by atoms with Gasteiger partial charge in [0.25, 0.3) is 5.91 Å².